The highest BCUT2D eigenvalue weighted by Crippen LogP contribution is 2.34. The number of aromatic amines is 1. The maximum Gasteiger partial charge on any atom is 0.234 e. The van der Waals surface area contributed by atoms with Crippen molar-refractivity contribution in [2.75, 3.05) is 19.5 Å². The fourth-order valence-electron chi connectivity index (χ4n) is 1.96. The van der Waals surface area contributed by atoms with Crippen LogP contribution in [0, 0.1) is 5.41 Å². The van der Waals surface area contributed by atoms with E-state index in [0.29, 0.717) is 22.2 Å². The molecule has 1 aromatic heterocycles. The fourth-order valence-corrected chi connectivity index (χ4v) is 2.17. The molecule has 7 heteroatoms. The van der Waals surface area contributed by atoms with Gasteiger partial charge in [-0.2, -0.15) is 0 Å². The lowest BCUT2D eigenvalue weighted by Gasteiger charge is -2.13. The molecule has 4 N–H and O–H groups in total. The molecule has 110 valence electrons. The highest BCUT2D eigenvalue weighted by molar-refractivity contribution is 6.33. The first-order valence-corrected chi connectivity index (χ1v) is 6.42. The van der Waals surface area contributed by atoms with Gasteiger partial charge in [0.2, 0.25) is 5.43 Å². The highest BCUT2D eigenvalue weighted by atomic mass is 35.5. The molecule has 0 unspecified atom stereocenters. The second-order valence-electron chi connectivity index (χ2n) is 4.21. The number of aromatic hydroxyl groups is 1. The molecule has 0 atom stereocenters. The summed E-state index contributed by atoms with van der Waals surface area (Å²) < 4.78 is 5.12. The van der Waals surface area contributed by atoms with Crippen LogP contribution < -0.4 is 15.5 Å². The molecule has 6 nitrogen and oxygen atoms in total. The van der Waals surface area contributed by atoms with Crippen molar-refractivity contribution in [1.82, 2.24) is 4.98 Å². The lowest BCUT2D eigenvalue weighted by Crippen LogP contribution is -2.14. The molecule has 0 aliphatic rings. The lowest BCUT2D eigenvalue weighted by molar-refractivity contribution is 0.415. The average molecular weight is 308 g/mol. The molecule has 0 bridgehead atoms. The van der Waals surface area contributed by atoms with Gasteiger partial charge in [0, 0.05) is 18.8 Å². The van der Waals surface area contributed by atoms with E-state index in [1.54, 1.807) is 25.2 Å². The second-order valence-corrected chi connectivity index (χ2v) is 4.61. The number of H-pyrrole nitrogens is 1. The van der Waals surface area contributed by atoms with Gasteiger partial charge >= 0.3 is 0 Å². The van der Waals surface area contributed by atoms with Crippen LogP contribution in [0.15, 0.2) is 23.0 Å². The topological polar surface area (TPSA) is 98.2 Å². The van der Waals surface area contributed by atoms with Gasteiger partial charge in [-0.25, -0.2) is 0 Å². The van der Waals surface area contributed by atoms with Crippen LogP contribution in [-0.4, -0.2) is 30.5 Å². The van der Waals surface area contributed by atoms with Crippen molar-refractivity contribution in [1.29, 1.82) is 5.41 Å². The Morgan fingerprint density at radius 3 is 2.76 bits per heavy atom. The molecule has 0 saturated heterocycles. The maximum absolute atomic E-state index is 12.1. The summed E-state index contributed by atoms with van der Waals surface area (Å²) in [6.07, 6.45) is 0.876. The molecule has 0 aliphatic heterocycles. The van der Waals surface area contributed by atoms with Gasteiger partial charge < -0.3 is 25.6 Å². The number of methoxy groups -OCH3 is 1. The first kappa shape index (κ1) is 14.9. The molecule has 2 rings (SSSR count). The third-order valence-corrected chi connectivity index (χ3v) is 3.38. The van der Waals surface area contributed by atoms with Gasteiger partial charge in [0.25, 0.3) is 0 Å². The molecule has 0 saturated carbocycles. The lowest BCUT2D eigenvalue weighted by atomic mass is 10.1. The van der Waals surface area contributed by atoms with Crippen molar-refractivity contribution in [3.63, 3.8) is 0 Å². The summed E-state index contributed by atoms with van der Waals surface area (Å²) >= 11 is 6.13. The summed E-state index contributed by atoms with van der Waals surface area (Å²) in [5, 5.41) is 20.5. The van der Waals surface area contributed by atoms with E-state index in [1.807, 2.05) is 0 Å². The summed E-state index contributed by atoms with van der Waals surface area (Å²) in [4.78, 5) is 15.0. The molecule has 1 heterocycles. The Balaban J connectivity index is 2.78. The predicted molar refractivity (Wildman–Crippen MR) is 83.2 cm³/mol. The number of benzene rings is 1. The standard InChI is InChI=1S/C14H14ClN3O3/c1-17-14-9(6-16)12(19)13(20)11(18-14)8-5-7(21-2)3-4-10(8)15/h3-6,16,20H,1-2H3,(H2,17,18,19). The van der Waals surface area contributed by atoms with E-state index < -0.39 is 11.2 Å². The van der Waals surface area contributed by atoms with Crippen LogP contribution in [0.4, 0.5) is 5.82 Å². The molecule has 0 spiro atoms. The van der Waals surface area contributed by atoms with Gasteiger partial charge in [0.05, 0.1) is 23.4 Å². The summed E-state index contributed by atoms with van der Waals surface area (Å²) in [6.45, 7) is 0. The fraction of sp³-hybridized carbons (Fsp3) is 0.143. The number of aromatic nitrogens is 1. The Kier molecular flexibility index (Phi) is 4.18. The van der Waals surface area contributed by atoms with Crippen LogP contribution >= 0.6 is 11.6 Å². The van der Waals surface area contributed by atoms with Gasteiger partial charge in [-0.15, -0.1) is 0 Å². The predicted octanol–water partition coefficient (Wildman–Crippen LogP) is 2.45. The summed E-state index contributed by atoms with van der Waals surface area (Å²) in [5.74, 6) is 0.362. The van der Waals surface area contributed by atoms with Gasteiger partial charge in [-0.3, -0.25) is 4.79 Å². The average Bonchev–Trinajstić information content (AvgIpc) is 2.50. The van der Waals surface area contributed by atoms with Crippen LogP contribution in [0.2, 0.25) is 5.02 Å². The van der Waals surface area contributed by atoms with Crippen LogP contribution in [0.25, 0.3) is 11.3 Å². The van der Waals surface area contributed by atoms with Gasteiger partial charge in [0.1, 0.15) is 11.6 Å². The first-order chi connectivity index (χ1) is 10.0. The first-order valence-electron chi connectivity index (χ1n) is 6.04. The van der Waals surface area contributed by atoms with E-state index in [1.165, 1.54) is 7.11 Å². The summed E-state index contributed by atoms with van der Waals surface area (Å²) in [6, 6.07) is 4.89. The third-order valence-electron chi connectivity index (χ3n) is 3.05. The molecule has 0 fully saturated rings. The van der Waals surface area contributed by atoms with E-state index in [4.69, 9.17) is 21.7 Å². The minimum absolute atomic E-state index is 0.0396. The van der Waals surface area contributed by atoms with Crippen LogP contribution in [0.1, 0.15) is 5.56 Å². The normalized spacial score (nSPS) is 10.2. The number of hydrogen-bond donors (Lipinski definition) is 4. The zero-order chi connectivity index (χ0) is 15.6. The van der Waals surface area contributed by atoms with Crippen molar-refractivity contribution in [2.45, 2.75) is 0 Å². The number of rotatable bonds is 4. The number of nitrogens with one attached hydrogen (secondary N) is 3. The summed E-state index contributed by atoms with van der Waals surface area (Å²) in [7, 11) is 3.11. The Morgan fingerprint density at radius 2 is 2.19 bits per heavy atom. The van der Waals surface area contributed by atoms with Crippen molar-refractivity contribution in [2.24, 2.45) is 0 Å². The van der Waals surface area contributed by atoms with Crippen LogP contribution in [-0.2, 0) is 0 Å². The Labute approximate surface area is 125 Å². The van der Waals surface area contributed by atoms with Crippen LogP contribution in [0.3, 0.4) is 0 Å². The largest absolute Gasteiger partial charge is 0.503 e. The van der Waals surface area contributed by atoms with Crippen molar-refractivity contribution >= 4 is 23.6 Å². The van der Waals surface area contributed by atoms with Crippen molar-refractivity contribution in [3.05, 3.63) is 39.0 Å². The Morgan fingerprint density at radius 1 is 1.48 bits per heavy atom. The van der Waals surface area contributed by atoms with E-state index in [0.717, 1.165) is 6.21 Å². The maximum atomic E-state index is 12.1. The SMILES string of the molecule is CNc1[nH]c(-c2cc(OC)ccc2Cl)c(O)c(=O)c1C=N. The van der Waals surface area contributed by atoms with E-state index >= 15 is 0 Å². The monoisotopic (exact) mass is 307 g/mol. The van der Waals surface area contributed by atoms with Crippen LogP contribution in [0.5, 0.6) is 11.5 Å². The van der Waals surface area contributed by atoms with Crippen molar-refractivity contribution in [3.8, 4) is 22.8 Å². The molecule has 0 aliphatic carbocycles. The number of hydrogen-bond acceptors (Lipinski definition) is 5. The molecule has 21 heavy (non-hydrogen) atoms. The third kappa shape index (κ3) is 2.57. The van der Waals surface area contributed by atoms with E-state index in [-0.39, 0.29) is 11.3 Å². The highest BCUT2D eigenvalue weighted by Gasteiger charge is 2.18. The molecule has 0 amide bonds. The second kappa shape index (κ2) is 5.88. The van der Waals surface area contributed by atoms with Gasteiger partial charge in [0.15, 0.2) is 5.75 Å². The van der Waals surface area contributed by atoms with E-state index in [9.17, 15) is 9.90 Å². The zero-order valence-corrected chi connectivity index (χ0v) is 12.2. The van der Waals surface area contributed by atoms with Gasteiger partial charge in [-0.05, 0) is 18.2 Å². The summed E-state index contributed by atoms with van der Waals surface area (Å²) in [5.41, 5.74) is -0.0164. The smallest absolute Gasteiger partial charge is 0.234 e. The molecule has 2 aromatic rings. The number of pyridine rings is 1. The van der Waals surface area contributed by atoms with Gasteiger partial charge in [-0.1, -0.05) is 11.6 Å². The Hall–Kier alpha value is -2.47. The molecule has 0 radical (unpaired) electrons. The number of halogens is 1. The van der Waals surface area contributed by atoms with E-state index in [2.05, 4.69) is 10.3 Å². The molecular formula is C14H14ClN3O3. The number of anilines is 1. The molecule has 1 aromatic carbocycles. The Bertz CT molecular complexity index is 756. The minimum atomic E-state index is -0.651. The quantitative estimate of drug-likeness (QED) is 0.652. The van der Waals surface area contributed by atoms with Crippen molar-refractivity contribution < 1.29 is 9.84 Å². The minimum Gasteiger partial charge on any atom is -0.503 e. The zero-order valence-electron chi connectivity index (χ0n) is 11.5. The number of ether oxygens (including phenoxy) is 1. The molecular weight excluding hydrogens is 294 g/mol.